The van der Waals surface area contributed by atoms with Crippen molar-refractivity contribution in [3.63, 3.8) is 0 Å². The summed E-state index contributed by atoms with van der Waals surface area (Å²) in [6, 6.07) is 0. The predicted molar refractivity (Wildman–Crippen MR) is 48.5 cm³/mol. The lowest BCUT2D eigenvalue weighted by atomic mass is 9.83. The van der Waals surface area contributed by atoms with E-state index in [4.69, 9.17) is 5.11 Å². The van der Waals surface area contributed by atoms with Crippen molar-refractivity contribution >= 4 is 13.8 Å². The molecule has 0 radical (unpaired) electrons. The van der Waals surface area contributed by atoms with Gasteiger partial charge in [-0.25, -0.2) is 0 Å². The smallest absolute Gasteiger partial charge is 0.303 e. The van der Waals surface area contributed by atoms with Crippen LogP contribution >= 0.6 is 0 Å². The molecule has 0 aromatic rings. The number of hydrogen-bond acceptors (Lipinski definition) is 1. The van der Waals surface area contributed by atoms with Crippen LogP contribution in [0.3, 0.4) is 0 Å². The zero-order valence-electron chi connectivity index (χ0n) is 7.63. The van der Waals surface area contributed by atoms with Crippen LogP contribution in [0, 0.1) is 11.8 Å². The summed E-state index contributed by atoms with van der Waals surface area (Å²) in [6.45, 7) is 4.26. The van der Waals surface area contributed by atoms with E-state index in [2.05, 4.69) is 21.7 Å². The van der Waals surface area contributed by atoms with Gasteiger partial charge in [0.15, 0.2) is 0 Å². The van der Waals surface area contributed by atoms with Gasteiger partial charge in [0.05, 0.1) is 0 Å². The van der Waals surface area contributed by atoms with E-state index in [0.717, 1.165) is 12.7 Å². The lowest BCUT2D eigenvalue weighted by Crippen LogP contribution is -2.09. The van der Waals surface area contributed by atoms with Crippen molar-refractivity contribution in [1.29, 1.82) is 0 Å². The van der Waals surface area contributed by atoms with Gasteiger partial charge in [-0.15, -0.1) is 0 Å². The third-order valence-corrected chi connectivity index (χ3v) is 1.85. The molecular weight excluding hydrogens is 139 g/mol. The van der Waals surface area contributed by atoms with E-state index in [9.17, 15) is 4.79 Å². The van der Waals surface area contributed by atoms with Gasteiger partial charge < -0.3 is 5.11 Å². The molecule has 0 heterocycles. The summed E-state index contributed by atoms with van der Waals surface area (Å²) in [5.74, 6) is 0.310. The van der Waals surface area contributed by atoms with Crippen LogP contribution in [0.25, 0.3) is 0 Å². The average molecular weight is 156 g/mol. The van der Waals surface area contributed by atoms with Crippen LogP contribution in [-0.4, -0.2) is 18.9 Å². The first-order valence-electron chi connectivity index (χ1n) is 4.28. The van der Waals surface area contributed by atoms with E-state index < -0.39 is 5.97 Å². The molecule has 0 aromatic carbocycles. The molecule has 64 valence electrons. The highest BCUT2D eigenvalue weighted by molar-refractivity contribution is 6.08. The minimum absolute atomic E-state index is 0.328. The Hall–Kier alpha value is -0.465. The van der Waals surface area contributed by atoms with Gasteiger partial charge in [-0.2, -0.15) is 0 Å². The van der Waals surface area contributed by atoms with E-state index >= 15 is 0 Å². The molecular formula is C8H17BO2. The quantitative estimate of drug-likeness (QED) is 0.606. The van der Waals surface area contributed by atoms with Gasteiger partial charge in [-0.3, -0.25) is 4.79 Å². The second-order valence-corrected chi connectivity index (χ2v) is 3.50. The summed E-state index contributed by atoms with van der Waals surface area (Å²) in [4.78, 5) is 10.4. The number of hydrogen-bond donors (Lipinski definition) is 1. The van der Waals surface area contributed by atoms with Gasteiger partial charge in [0, 0.05) is 6.42 Å². The Balaban J connectivity index is 3.66. The highest BCUT2D eigenvalue weighted by Crippen LogP contribution is 2.17. The molecule has 0 aliphatic heterocycles. The molecule has 0 bridgehead atoms. The summed E-state index contributed by atoms with van der Waals surface area (Å²) in [5, 5.41) is 8.53. The van der Waals surface area contributed by atoms with Crippen LogP contribution in [0.1, 0.15) is 26.7 Å². The van der Waals surface area contributed by atoms with Gasteiger partial charge in [0.1, 0.15) is 7.85 Å². The summed E-state index contributed by atoms with van der Waals surface area (Å²) < 4.78 is 0. The Labute approximate surface area is 69.4 Å². The minimum Gasteiger partial charge on any atom is -0.481 e. The van der Waals surface area contributed by atoms with E-state index in [1.54, 1.807) is 0 Å². The predicted octanol–water partition coefficient (Wildman–Crippen LogP) is 1.17. The van der Waals surface area contributed by atoms with Crippen molar-refractivity contribution in [1.82, 2.24) is 0 Å². The fraction of sp³-hybridized carbons (Fsp3) is 0.875. The molecule has 0 saturated carbocycles. The molecule has 1 N–H and O–H groups in total. The zero-order chi connectivity index (χ0) is 8.85. The largest absolute Gasteiger partial charge is 0.481 e. The third-order valence-electron chi connectivity index (χ3n) is 1.85. The van der Waals surface area contributed by atoms with Crippen molar-refractivity contribution < 1.29 is 9.90 Å². The lowest BCUT2D eigenvalue weighted by Gasteiger charge is -2.14. The van der Waals surface area contributed by atoms with Gasteiger partial charge in [0.25, 0.3) is 0 Å². The molecule has 0 aliphatic rings. The van der Waals surface area contributed by atoms with Crippen molar-refractivity contribution in [3.05, 3.63) is 0 Å². The molecule has 0 saturated heterocycles. The van der Waals surface area contributed by atoms with Crippen LogP contribution in [0.5, 0.6) is 0 Å². The Kier molecular flexibility index (Phi) is 5.00. The first-order valence-corrected chi connectivity index (χ1v) is 4.28. The molecule has 0 aromatic heterocycles. The van der Waals surface area contributed by atoms with E-state index in [1.165, 1.54) is 0 Å². The Bertz CT molecular complexity index is 123. The third kappa shape index (κ3) is 5.95. The number of carboxylic acid groups (broad SMARTS) is 1. The number of rotatable bonds is 5. The SMILES string of the molecule is BC[C@H](CC(=O)O)CC(C)C. The summed E-state index contributed by atoms with van der Waals surface area (Å²) in [6.07, 6.45) is 2.34. The first kappa shape index (κ1) is 10.5. The second-order valence-electron chi connectivity index (χ2n) is 3.50. The normalized spacial score (nSPS) is 13.4. The molecule has 3 heteroatoms. The van der Waals surface area contributed by atoms with Gasteiger partial charge in [-0.1, -0.05) is 20.2 Å². The Morgan fingerprint density at radius 1 is 1.55 bits per heavy atom. The first-order chi connectivity index (χ1) is 5.06. The highest BCUT2D eigenvalue weighted by Gasteiger charge is 2.11. The molecule has 0 aliphatic carbocycles. The van der Waals surface area contributed by atoms with E-state index in [1.807, 2.05) is 0 Å². The summed E-state index contributed by atoms with van der Waals surface area (Å²) in [7, 11) is 2.05. The number of aliphatic carboxylic acids is 1. The molecule has 0 amide bonds. The zero-order valence-corrected chi connectivity index (χ0v) is 7.63. The maximum absolute atomic E-state index is 10.4. The summed E-state index contributed by atoms with van der Waals surface area (Å²) in [5.41, 5.74) is 0. The van der Waals surface area contributed by atoms with Crippen LogP contribution < -0.4 is 0 Å². The monoisotopic (exact) mass is 156 g/mol. The van der Waals surface area contributed by atoms with E-state index in [0.29, 0.717) is 18.3 Å². The fourth-order valence-electron chi connectivity index (χ4n) is 1.31. The van der Waals surface area contributed by atoms with Gasteiger partial charge in [-0.05, 0) is 18.3 Å². The molecule has 1 atom stereocenters. The van der Waals surface area contributed by atoms with Gasteiger partial charge >= 0.3 is 5.97 Å². The molecule has 11 heavy (non-hydrogen) atoms. The topological polar surface area (TPSA) is 37.3 Å². The molecule has 0 spiro atoms. The van der Waals surface area contributed by atoms with Crippen molar-refractivity contribution in [2.75, 3.05) is 0 Å². The number of carboxylic acids is 1. The lowest BCUT2D eigenvalue weighted by molar-refractivity contribution is -0.138. The maximum Gasteiger partial charge on any atom is 0.303 e. The highest BCUT2D eigenvalue weighted by atomic mass is 16.4. The molecule has 0 rings (SSSR count). The second kappa shape index (κ2) is 5.22. The van der Waals surface area contributed by atoms with Crippen molar-refractivity contribution in [2.24, 2.45) is 11.8 Å². The summed E-state index contributed by atoms with van der Waals surface area (Å²) >= 11 is 0. The minimum atomic E-state index is -0.669. The van der Waals surface area contributed by atoms with Crippen LogP contribution in [0.4, 0.5) is 0 Å². The van der Waals surface area contributed by atoms with Gasteiger partial charge in [0.2, 0.25) is 0 Å². The fourth-order valence-corrected chi connectivity index (χ4v) is 1.31. The number of carbonyl (C=O) groups is 1. The average Bonchev–Trinajstić information content (AvgIpc) is 1.84. The molecule has 2 nitrogen and oxygen atoms in total. The van der Waals surface area contributed by atoms with E-state index in [-0.39, 0.29) is 0 Å². The van der Waals surface area contributed by atoms with Crippen LogP contribution in [0.2, 0.25) is 6.32 Å². The van der Waals surface area contributed by atoms with Crippen LogP contribution in [0.15, 0.2) is 0 Å². The molecule has 0 unspecified atom stereocenters. The Morgan fingerprint density at radius 2 is 2.09 bits per heavy atom. The molecule has 0 fully saturated rings. The standard InChI is InChI=1S/C8H17BO2/c1-6(2)3-7(5-9)4-8(10)11/h6-7H,3-5,9H2,1-2H3,(H,10,11)/t7-/m0/s1. The maximum atomic E-state index is 10.4. The van der Waals surface area contributed by atoms with Crippen LogP contribution in [-0.2, 0) is 4.79 Å². The Morgan fingerprint density at radius 3 is 2.36 bits per heavy atom. The van der Waals surface area contributed by atoms with Crippen molar-refractivity contribution in [3.8, 4) is 0 Å². The van der Waals surface area contributed by atoms with Crippen molar-refractivity contribution in [2.45, 2.75) is 33.0 Å².